The summed E-state index contributed by atoms with van der Waals surface area (Å²) in [5, 5.41) is 12.5. The van der Waals surface area contributed by atoms with Gasteiger partial charge in [0.05, 0.1) is 12.6 Å². The maximum atomic E-state index is 12.5. The van der Waals surface area contributed by atoms with Crippen molar-refractivity contribution in [2.75, 3.05) is 19.6 Å². The van der Waals surface area contributed by atoms with Crippen LogP contribution in [0.5, 0.6) is 0 Å². The van der Waals surface area contributed by atoms with E-state index in [9.17, 15) is 14.9 Å². The van der Waals surface area contributed by atoms with Gasteiger partial charge in [0, 0.05) is 11.5 Å². The van der Waals surface area contributed by atoms with Gasteiger partial charge in [-0.1, -0.05) is 49.6 Å². The summed E-state index contributed by atoms with van der Waals surface area (Å²) >= 11 is 0. The number of ketones is 1. The van der Waals surface area contributed by atoms with Gasteiger partial charge in [0.2, 0.25) is 5.91 Å². The van der Waals surface area contributed by atoms with Gasteiger partial charge in [-0.2, -0.15) is 5.26 Å². The minimum Gasteiger partial charge on any atom is -0.337 e. The Hall–Kier alpha value is -2.19. The van der Waals surface area contributed by atoms with E-state index in [0.717, 1.165) is 63.6 Å². The van der Waals surface area contributed by atoms with Gasteiger partial charge in [-0.25, -0.2) is 0 Å². The highest BCUT2D eigenvalue weighted by molar-refractivity contribution is 5.97. The van der Waals surface area contributed by atoms with Crippen LogP contribution in [0.3, 0.4) is 0 Å². The molecule has 0 unspecified atom stereocenters. The number of amides is 1. The predicted octanol–water partition coefficient (Wildman–Crippen LogP) is 2.92. The number of hydrogen-bond acceptors (Lipinski definition) is 4. The minimum atomic E-state index is -0.670. The van der Waals surface area contributed by atoms with E-state index in [-0.39, 0.29) is 17.6 Å². The smallest absolute Gasteiger partial charge is 0.235 e. The van der Waals surface area contributed by atoms with Crippen LogP contribution in [0.1, 0.15) is 55.3 Å². The van der Waals surface area contributed by atoms with Gasteiger partial charge in [0.15, 0.2) is 5.78 Å². The Labute approximate surface area is 155 Å². The number of rotatable bonds is 5. The van der Waals surface area contributed by atoms with Gasteiger partial charge in [-0.3, -0.25) is 14.5 Å². The van der Waals surface area contributed by atoms with Crippen LogP contribution in [-0.2, 0) is 4.79 Å². The molecule has 1 amide bonds. The summed E-state index contributed by atoms with van der Waals surface area (Å²) in [5.41, 5.74) is 0.105. The molecule has 0 bridgehead atoms. The predicted molar refractivity (Wildman–Crippen MR) is 99.5 cm³/mol. The van der Waals surface area contributed by atoms with E-state index in [2.05, 4.69) is 16.3 Å². The highest BCUT2D eigenvalue weighted by atomic mass is 16.2. The first-order chi connectivity index (χ1) is 12.6. The van der Waals surface area contributed by atoms with Crippen LogP contribution in [-0.4, -0.2) is 41.8 Å². The lowest BCUT2D eigenvalue weighted by Crippen LogP contribution is -2.52. The van der Waals surface area contributed by atoms with Gasteiger partial charge in [0.25, 0.3) is 0 Å². The summed E-state index contributed by atoms with van der Waals surface area (Å²) < 4.78 is 0. The lowest BCUT2D eigenvalue weighted by Gasteiger charge is -2.34. The molecule has 26 heavy (non-hydrogen) atoms. The molecular formula is C21H27N3O2. The first-order valence-electron chi connectivity index (χ1n) is 9.66. The molecule has 1 saturated carbocycles. The van der Waals surface area contributed by atoms with Crippen LogP contribution in [0.4, 0.5) is 0 Å². The third-order valence-corrected chi connectivity index (χ3v) is 5.68. The molecule has 3 rings (SSSR count). The Morgan fingerprint density at radius 2 is 1.77 bits per heavy atom. The Morgan fingerprint density at radius 3 is 2.38 bits per heavy atom. The van der Waals surface area contributed by atoms with Crippen LogP contribution in [0.25, 0.3) is 0 Å². The van der Waals surface area contributed by atoms with E-state index < -0.39 is 5.54 Å². The summed E-state index contributed by atoms with van der Waals surface area (Å²) in [5.74, 6) is 0.183. The monoisotopic (exact) mass is 353 g/mol. The normalized spacial score (nSPS) is 20.9. The minimum absolute atomic E-state index is 0.0421. The summed E-state index contributed by atoms with van der Waals surface area (Å²) in [6, 6.07) is 11.8. The number of carbonyl (C=O) groups excluding carboxylic acids is 2. The van der Waals surface area contributed by atoms with Crippen molar-refractivity contribution < 1.29 is 9.59 Å². The zero-order valence-electron chi connectivity index (χ0n) is 15.2. The summed E-state index contributed by atoms with van der Waals surface area (Å²) in [7, 11) is 0. The van der Waals surface area contributed by atoms with Crippen LogP contribution < -0.4 is 5.32 Å². The number of hydrogen-bond donors (Lipinski definition) is 1. The molecule has 1 aliphatic heterocycles. The summed E-state index contributed by atoms with van der Waals surface area (Å²) in [6.45, 7) is 1.81. The van der Waals surface area contributed by atoms with Crippen molar-refractivity contribution in [3.63, 3.8) is 0 Å². The molecule has 2 fully saturated rings. The number of carbonyl (C=O) groups is 2. The van der Waals surface area contributed by atoms with Crippen molar-refractivity contribution in [2.45, 2.75) is 50.5 Å². The van der Waals surface area contributed by atoms with Crippen LogP contribution in [0.15, 0.2) is 30.3 Å². The van der Waals surface area contributed by atoms with E-state index in [1.807, 2.05) is 30.3 Å². The lowest BCUT2D eigenvalue weighted by molar-refractivity contribution is -0.124. The Morgan fingerprint density at radius 1 is 1.12 bits per heavy atom. The van der Waals surface area contributed by atoms with Crippen molar-refractivity contribution in [3.8, 4) is 6.07 Å². The molecule has 1 aromatic carbocycles. The molecule has 1 saturated heterocycles. The zero-order chi connectivity index (χ0) is 18.4. The van der Waals surface area contributed by atoms with Crippen LogP contribution >= 0.6 is 0 Å². The lowest BCUT2D eigenvalue weighted by atomic mass is 9.83. The van der Waals surface area contributed by atoms with Gasteiger partial charge >= 0.3 is 0 Å². The Bertz CT molecular complexity index is 666. The molecule has 5 heteroatoms. The highest BCUT2D eigenvalue weighted by Gasteiger charge is 2.34. The Balaban J connectivity index is 1.47. The third-order valence-electron chi connectivity index (χ3n) is 5.68. The van der Waals surface area contributed by atoms with Gasteiger partial charge in [0.1, 0.15) is 5.54 Å². The second kappa shape index (κ2) is 8.46. The number of nitrogens with zero attached hydrogens (tertiary/aromatic N) is 2. The molecule has 1 aliphatic carbocycles. The fourth-order valence-electron chi connectivity index (χ4n) is 4.12. The topological polar surface area (TPSA) is 73.2 Å². The second-order valence-corrected chi connectivity index (χ2v) is 7.58. The second-order valence-electron chi connectivity index (χ2n) is 7.58. The molecule has 1 N–H and O–H groups in total. The number of Topliss-reactive ketones (excluding diaryl/α,β-unsaturated/α-hetero) is 1. The summed E-state index contributed by atoms with van der Waals surface area (Å²) in [4.78, 5) is 27.0. The number of likely N-dealkylation sites (tertiary alicyclic amines) is 1. The van der Waals surface area contributed by atoms with Crippen LogP contribution in [0, 0.1) is 17.2 Å². The summed E-state index contributed by atoms with van der Waals surface area (Å²) in [6.07, 6.45) is 6.21. The van der Waals surface area contributed by atoms with Crippen LogP contribution in [0.2, 0.25) is 0 Å². The first kappa shape index (κ1) is 18.6. The molecule has 0 aromatic heterocycles. The van der Waals surface area contributed by atoms with Crippen molar-refractivity contribution in [1.29, 1.82) is 5.26 Å². The van der Waals surface area contributed by atoms with Gasteiger partial charge in [-0.15, -0.1) is 0 Å². The molecule has 0 atom stereocenters. The van der Waals surface area contributed by atoms with Crippen molar-refractivity contribution in [3.05, 3.63) is 35.9 Å². The van der Waals surface area contributed by atoms with E-state index in [0.29, 0.717) is 6.54 Å². The number of benzene rings is 1. The maximum Gasteiger partial charge on any atom is 0.235 e. The third kappa shape index (κ3) is 4.50. The van der Waals surface area contributed by atoms with Crippen molar-refractivity contribution in [2.24, 2.45) is 5.92 Å². The zero-order valence-corrected chi connectivity index (χ0v) is 15.2. The molecule has 5 nitrogen and oxygen atoms in total. The number of nitriles is 1. The average molecular weight is 353 g/mol. The van der Waals surface area contributed by atoms with Crippen molar-refractivity contribution in [1.82, 2.24) is 10.2 Å². The first-order valence-corrected chi connectivity index (χ1v) is 9.66. The quantitative estimate of drug-likeness (QED) is 0.826. The molecule has 0 radical (unpaired) electrons. The van der Waals surface area contributed by atoms with E-state index in [4.69, 9.17) is 0 Å². The Kier molecular flexibility index (Phi) is 6.05. The molecule has 1 heterocycles. The average Bonchev–Trinajstić information content (AvgIpc) is 2.69. The molecule has 1 aromatic rings. The molecule has 2 aliphatic rings. The molecule has 138 valence electrons. The standard InChI is InChI=1S/C21H27N3O2/c22-16-21(11-5-2-6-12-21)23-19(25)15-24-13-9-18(10-14-24)20(26)17-7-3-1-4-8-17/h1,3-4,7-8,18H,2,5-6,9-15H2,(H,23,25). The highest BCUT2D eigenvalue weighted by Crippen LogP contribution is 2.27. The van der Waals surface area contributed by atoms with E-state index >= 15 is 0 Å². The van der Waals surface area contributed by atoms with E-state index in [1.165, 1.54) is 0 Å². The SMILES string of the molecule is N#CC1(NC(=O)CN2CCC(C(=O)c3ccccc3)CC2)CCCCC1. The maximum absolute atomic E-state index is 12.5. The largest absolute Gasteiger partial charge is 0.337 e. The number of piperidine rings is 1. The van der Waals surface area contributed by atoms with Gasteiger partial charge < -0.3 is 5.32 Å². The number of nitrogens with one attached hydrogen (secondary N) is 1. The fraction of sp³-hybridized carbons (Fsp3) is 0.571. The van der Waals surface area contributed by atoms with Crippen molar-refractivity contribution >= 4 is 11.7 Å². The van der Waals surface area contributed by atoms with E-state index in [1.54, 1.807) is 0 Å². The molecule has 0 spiro atoms. The fourth-order valence-corrected chi connectivity index (χ4v) is 4.12. The molecular weight excluding hydrogens is 326 g/mol. The van der Waals surface area contributed by atoms with Gasteiger partial charge in [-0.05, 0) is 38.8 Å².